The summed E-state index contributed by atoms with van der Waals surface area (Å²) < 4.78 is 27.4. The molecule has 2 aromatic heterocycles. The van der Waals surface area contributed by atoms with Gasteiger partial charge in [-0.3, -0.25) is 4.72 Å². The van der Waals surface area contributed by atoms with Crippen LogP contribution in [0, 0.1) is 6.92 Å². The van der Waals surface area contributed by atoms with Gasteiger partial charge in [0.25, 0.3) is 10.0 Å². The minimum Gasteiger partial charge on any atom is -0.477 e. The third kappa shape index (κ3) is 3.17. The molecule has 0 atom stereocenters. The third-order valence-corrected chi connectivity index (χ3v) is 5.46. The van der Waals surface area contributed by atoms with Gasteiger partial charge in [0.05, 0.1) is 0 Å². The van der Waals surface area contributed by atoms with E-state index in [0.29, 0.717) is 4.88 Å². The van der Waals surface area contributed by atoms with Crippen molar-refractivity contribution in [2.75, 3.05) is 4.72 Å². The monoisotopic (exact) mass is 376 g/mol. The Kier molecular flexibility index (Phi) is 4.11. The number of aromatic carboxylic acids is 1. The fourth-order valence-corrected chi connectivity index (χ4v) is 4.14. The van der Waals surface area contributed by atoms with Gasteiger partial charge in [0.2, 0.25) is 0 Å². The number of pyridine rings is 1. The van der Waals surface area contributed by atoms with Gasteiger partial charge in [-0.1, -0.05) is 0 Å². The highest BCUT2D eigenvalue weighted by atomic mass is 79.9. The lowest BCUT2D eigenvalue weighted by Crippen LogP contribution is -2.14. The van der Waals surface area contributed by atoms with Crippen molar-refractivity contribution < 1.29 is 18.3 Å². The van der Waals surface area contributed by atoms with Crippen LogP contribution in [0.25, 0.3) is 0 Å². The molecule has 2 aromatic rings. The van der Waals surface area contributed by atoms with Crippen molar-refractivity contribution in [1.82, 2.24) is 4.98 Å². The number of hydrogen-bond donors (Lipinski definition) is 2. The molecule has 0 aliphatic rings. The number of carboxylic acids is 1. The quantitative estimate of drug-likeness (QED) is 0.854. The second-order valence-electron chi connectivity index (χ2n) is 3.80. The lowest BCUT2D eigenvalue weighted by molar-refractivity contribution is 0.0702. The lowest BCUT2D eigenvalue weighted by Gasteiger charge is -2.06. The highest BCUT2D eigenvalue weighted by Gasteiger charge is 2.22. The normalized spacial score (nSPS) is 11.3. The maximum Gasteiger partial charge on any atom is 0.345 e. The van der Waals surface area contributed by atoms with E-state index in [0.717, 1.165) is 21.9 Å². The van der Waals surface area contributed by atoms with Crippen molar-refractivity contribution in [2.45, 2.75) is 11.8 Å². The standard InChI is InChI=1S/C11H9BrN2O4S2/c1-6-9(4-8(19-6)11(15)16)20(17,18)14-10-3-2-7(12)5-13-10/h2-5H,1H3,(H,13,14)(H,15,16). The molecule has 0 saturated heterocycles. The number of aryl methyl sites for hydroxylation is 1. The van der Waals surface area contributed by atoms with Crippen LogP contribution >= 0.6 is 27.3 Å². The van der Waals surface area contributed by atoms with Gasteiger partial charge in [-0.15, -0.1) is 11.3 Å². The molecule has 2 rings (SSSR count). The smallest absolute Gasteiger partial charge is 0.345 e. The molecule has 0 saturated carbocycles. The van der Waals surface area contributed by atoms with E-state index in [4.69, 9.17) is 5.11 Å². The Bertz CT molecular complexity index is 753. The Hall–Kier alpha value is -1.45. The van der Waals surface area contributed by atoms with Gasteiger partial charge >= 0.3 is 5.97 Å². The van der Waals surface area contributed by atoms with E-state index in [1.54, 1.807) is 13.0 Å². The van der Waals surface area contributed by atoms with Crippen LogP contribution in [0.3, 0.4) is 0 Å². The first-order valence-corrected chi connectivity index (χ1v) is 8.37. The fourth-order valence-electron chi connectivity index (χ4n) is 1.47. The zero-order valence-electron chi connectivity index (χ0n) is 10.1. The second-order valence-corrected chi connectivity index (χ2v) is 7.63. The van der Waals surface area contributed by atoms with E-state index in [1.165, 1.54) is 12.3 Å². The SMILES string of the molecule is Cc1sc(C(=O)O)cc1S(=O)(=O)Nc1ccc(Br)cn1. The number of hydrogen-bond acceptors (Lipinski definition) is 5. The first-order chi connectivity index (χ1) is 9.29. The van der Waals surface area contributed by atoms with Crippen molar-refractivity contribution in [3.63, 3.8) is 0 Å². The molecule has 2 N–H and O–H groups in total. The Morgan fingerprint density at radius 2 is 2.15 bits per heavy atom. The number of sulfonamides is 1. The number of anilines is 1. The van der Waals surface area contributed by atoms with Crippen LogP contribution in [0.4, 0.5) is 5.82 Å². The molecule has 0 unspecified atom stereocenters. The summed E-state index contributed by atoms with van der Waals surface area (Å²) in [5, 5.41) is 8.89. The fraction of sp³-hybridized carbons (Fsp3) is 0.0909. The van der Waals surface area contributed by atoms with Gasteiger partial charge in [-0.05, 0) is 41.1 Å². The predicted octanol–water partition coefficient (Wildman–Crippen LogP) is 2.71. The third-order valence-electron chi connectivity index (χ3n) is 2.34. The maximum absolute atomic E-state index is 12.2. The number of rotatable bonds is 4. The molecule has 0 bridgehead atoms. The van der Waals surface area contributed by atoms with Crippen LogP contribution in [0.1, 0.15) is 14.5 Å². The summed E-state index contributed by atoms with van der Waals surface area (Å²) in [5.41, 5.74) is 0. The molecule has 106 valence electrons. The number of halogens is 1. The van der Waals surface area contributed by atoms with Crippen molar-refractivity contribution in [3.05, 3.63) is 38.6 Å². The first kappa shape index (κ1) is 14.9. The van der Waals surface area contributed by atoms with E-state index in [1.807, 2.05) is 0 Å². The van der Waals surface area contributed by atoms with E-state index in [9.17, 15) is 13.2 Å². The van der Waals surface area contributed by atoms with Crippen LogP contribution in [0.2, 0.25) is 0 Å². The molecule has 0 aliphatic heterocycles. The van der Waals surface area contributed by atoms with Gasteiger partial charge in [0.15, 0.2) is 0 Å². The zero-order valence-corrected chi connectivity index (χ0v) is 13.3. The summed E-state index contributed by atoms with van der Waals surface area (Å²) in [6.07, 6.45) is 1.46. The number of nitrogens with zero attached hydrogens (tertiary/aromatic N) is 1. The van der Waals surface area contributed by atoms with Gasteiger partial charge in [-0.25, -0.2) is 18.2 Å². The van der Waals surface area contributed by atoms with Crippen LogP contribution in [0.5, 0.6) is 0 Å². The Morgan fingerprint density at radius 3 is 2.65 bits per heavy atom. The van der Waals surface area contributed by atoms with Crippen molar-refractivity contribution >= 4 is 49.1 Å². The molecule has 2 heterocycles. The molecule has 0 fully saturated rings. The van der Waals surface area contributed by atoms with Gasteiger partial charge in [0, 0.05) is 15.5 Å². The molecule has 9 heteroatoms. The van der Waals surface area contributed by atoms with Crippen LogP contribution in [-0.4, -0.2) is 24.5 Å². The summed E-state index contributed by atoms with van der Waals surface area (Å²) in [4.78, 5) is 15.1. The first-order valence-electron chi connectivity index (χ1n) is 5.28. The predicted molar refractivity (Wildman–Crippen MR) is 78.8 cm³/mol. The van der Waals surface area contributed by atoms with Gasteiger partial charge in [0.1, 0.15) is 15.6 Å². The Labute approximate surface area is 127 Å². The highest BCUT2D eigenvalue weighted by molar-refractivity contribution is 9.10. The van der Waals surface area contributed by atoms with Gasteiger partial charge in [-0.2, -0.15) is 0 Å². The van der Waals surface area contributed by atoms with Crippen LogP contribution < -0.4 is 4.72 Å². The minimum absolute atomic E-state index is 0.0216. The molecule has 0 aromatic carbocycles. The summed E-state index contributed by atoms with van der Waals surface area (Å²) in [6, 6.07) is 4.29. The summed E-state index contributed by atoms with van der Waals surface area (Å²) >= 11 is 4.11. The number of nitrogens with one attached hydrogen (secondary N) is 1. The Morgan fingerprint density at radius 1 is 1.45 bits per heavy atom. The van der Waals surface area contributed by atoms with Crippen molar-refractivity contribution in [2.24, 2.45) is 0 Å². The summed E-state index contributed by atoms with van der Waals surface area (Å²) in [7, 11) is -3.85. The Balaban J connectivity index is 2.35. The molecule has 0 spiro atoms. The topological polar surface area (TPSA) is 96.4 Å². The molecule has 0 amide bonds. The summed E-state index contributed by atoms with van der Waals surface area (Å²) in [5.74, 6) is -0.989. The molecule has 6 nitrogen and oxygen atoms in total. The molecule has 0 radical (unpaired) electrons. The minimum atomic E-state index is -3.85. The molecular formula is C11H9BrN2O4S2. The second kappa shape index (κ2) is 5.51. The van der Waals surface area contributed by atoms with Crippen LogP contribution in [-0.2, 0) is 10.0 Å². The summed E-state index contributed by atoms with van der Waals surface area (Å²) in [6.45, 7) is 1.56. The highest BCUT2D eigenvalue weighted by Crippen LogP contribution is 2.27. The van der Waals surface area contributed by atoms with Crippen molar-refractivity contribution in [1.29, 1.82) is 0 Å². The average Bonchev–Trinajstić information content (AvgIpc) is 2.75. The number of carboxylic acid groups (broad SMARTS) is 1. The average molecular weight is 377 g/mol. The maximum atomic E-state index is 12.2. The van der Waals surface area contributed by atoms with E-state index >= 15 is 0 Å². The number of aromatic nitrogens is 1. The van der Waals surface area contributed by atoms with Crippen LogP contribution in [0.15, 0.2) is 33.8 Å². The van der Waals surface area contributed by atoms with E-state index in [-0.39, 0.29) is 15.6 Å². The molecule has 0 aliphatic carbocycles. The van der Waals surface area contributed by atoms with Crippen molar-refractivity contribution in [3.8, 4) is 0 Å². The molecular weight excluding hydrogens is 368 g/mol. The molecule has 20 heavy (non-hydrogen) atoms. The number of carbonyl (C=O) groups is 1. The van der Waals surface area contributed by atoms with E-state index in [2.05, 4.69) is 25.6 Å². The van der Waals surface area contributed by atoms with Gasteiger partial charge < -0.3 is 5.11 Å². The lowest BCUT2D eigenvalue weighted by atomic mass is 10.4. The largest absolute Gasteiger partial charge is 0.477 e. The zero-order chi connectivity index (χ0) is 14.9. The number of thiophene rings is 1. The van der Waals surface area contributed by atoms with E-state index < -0.39 is 16.0 Å².